The van der Waals surface area contributed by atoms with E-state index in [1.54, 1.807) is 92.6 Å². The third-order valence-electron chi connectivity index (χ3n) is 17.8. The van der Waals surface area contributed by atoms with Gasteiger partial charge in [0.05, 0.1) is 123 Å². The van der Waals surface area contributed by atoms with Crippen LogP contribution in [0.4, 0.5) is 36.2 Å². The quantitative estimate of drug-likeness (QED) is 0.0114. The molecular weight excluding hydrogens is 1470 g/mol. The summed E-state index contributed by atoms with van der Waals surface area (Å²) in [5.41, 5.74) is 9.60. The lowest BCUT2D eigenvalue weighted by Crippen LogP contribution is -2.46. The fourth-order valence-electron chi connectivity index (χ4n) is 11.9. The highest BCUT2D eigenvalue weighted by Crippen LogP contribution is 2.47. The average molecular weight is 1570 g/mol. The van der Waals surface area contributed by atoms with Crippen LogP contribution in [-0.2, 0) is 68.4 Å². The number of rotatable bonds is 48. The van der Waals surface area contributed by atoms with Crippen molar-refractivity contribution in [2.75, 3.05) is 181 Å². The molecule has 2 aromatic heterocycles. The van der Waals surface area contributed by atoms with E-state index in [1.165, 1.54) is 23.0 Å². The van der Waals surface area contributed by atoms with Crippen LogP contribution in [0.15, 0.2) is 103 Å². The average Bonchev–Trinajstić information content (AvgIpc) is 1.61. The van der Waals surface area contributed by atoms with Crippen LogP contribution in [0.5, 0.6) is 11.5 Å². The standard InChI is InChI=1S/C77H98ClN11O22/c1-50(2)69(85-75(98)109-41-39-103-28-25-88-65(92)19-20-66(88)93)63(91)44-54(9-7-21-80-74(79)97)72(95)82-57-15-11-52(12-16-57)49-110-76(99)86(4)22-23-87(24-27-102-32-33-104-29-26-90)77(100)111-64-45-62-68(67-51(3)8-6-10-60(64)67)56(46-78)48-89(62)73(96)61-43-55-42-58(47-81-70(55)84-61)83-71(94)53-13-17-59(18-14-53)108-40-38-107-37-36-106-35-34-105-31-30-101-5/h6,8,10-20,42-43,45,47,50,54,56,69,90H,7,9,21-41,44,46,48-49H2,1-5H3,(H,81,84)(H,82,95)(H,83,94)(H,85,98)(H3,79,80,97)/t54-,56-,69+/m1/s1. The zero-order valence-corrected chi connectivity index (χ0v) is 63.7. The summed E-state index contributed by atoms with van der Waals surface area (Å²) in [6.45, 7) is 8.90. The van der Waals surface area contributed by atoms with E-state index < -0.39 is 77.5 Å². The molecule has 8 rings (SSSR count). The molecule has 3 atom stereocenters. The number of urea groups is 1. The van der Waals surface area contributed by atoms with Crippen molar-refractivity contribution in [1.82, 2.24) is 35.3 Å². The number of aromatic nitrogens is 2. The first-order valence-corrected chi connectivity index (χ1v) is 37.0. The molecule has 600 valence electrons. The van der Waals surface area contributed by atoms with E-state index in [1.807, 2.05) is 25.1 Å². The van der Waals surface area contributed by atoms with Gasteiger partial charge in [-0.05, 0) is 96.3 Å². The zero-order valence-electron chi connectivity index (χ0n) is 62.9. The highest BCUT2D eigenvalue weighted by Gasteiger charge is 2.37. The Morgan fingerprint density at radius 1 is 0.739 bits per heavy atom. The Hall–Kier alpha value is -10.4. The van der Waals surface area contributed by atoms with Crippen LogP contribution in [0, 0.1) is 18.8 Å². The van der Waals surface area contributed by atoms with Crippen LogP contribution >= 0.6 is 11.6 Å². The minimum atomic E-state index is -1.05. The summed E-state index contributed by atoms with van der Waals surface area (Å²) in [5.74, 6) is -3.50. The van der Waals surface area contributed by atoms with Crippen LogP contribution in [0.25, 0.3) is 21.8 Å². The molecule has 0 fully saturated rings. The number of hydrogen-bond donors (Lipinski definition) is 7. The number of ketones is 1. The lowest BCUT2D eigenvalue weighted by Gasteiger charge is -2.26. The Balaban J connectivity index is 0.859. The highest BCUT2D eigenvalue weighted by molar-refractivity contribution is 6.20. The largest absolute Gasteiger partial charge is 0.491 e. The number of aliphatic hydroxyl groups excluding tert-OH is 1. The number of alkyl halides is 1. The van der Waals surface area contributed by atoms with Crippen LogP contribution < -0.4 is 41.4 Å². The fourth-order valence-corrected chi connectivity index (χ4v) is 12.2. The maximum atomic E-state index is 14.9. The summed E-state index contributed by atoms with van der Waals surface area (Å²) < 4.78 is 60.9. The predicted molar refractivity (Wildman–Crippen MR) is 408 cm³/mol. The molecule has 0 aliphatic carbocycles. The number of nitrogens with one attached hydrogen (secondary N) is 5. The Kier molecular flexibility index (Phi) is 35.0. The number of amides is 10. The second-order valence-electron chi connectivity index (χ2n) is 26.1. The lowest BCUT2D eigenvalue weighted by atomic mass is 9.89. The minimum absolute atomic E-state index is 0.00164. The molecule has 2 aliphatic rings. The van der Waals surface area contributed by atoms with Crippen LogP contribution in [0.3, 0.4) is 0 Å². The molecular formula is C77H98ClN11O22. The first kappa shape index (κ1) is 86.2. The normalized spacial score (nSPS) is 13.6. The van der Waals surface area contributed by atoms with Gasteiger partial charge in [-0.1, -0.05) is 44.2 Å². The molecule has 0 bridgehead atoms. The van der Waals surface area contributed by atoms with Gasteiger partial charge in [0.25, 0.3) is 23.6 Å². The molecule has 0 spiro atoms. The number of aromatic amines is 1. The number of aryl methyl sites for hydroxylation is 1. The van der Waals surface area contributed by atoms with Crippen molar-refractivity contribution in [3.8, 4) is 11.5 Å². The maximum Gasteiger partial charge on any atom is 0.415 e. The molecule has 4 aromatic carbocycles. The summed E-state index contributed by atoms with van der Waals surface area (Å²) in [6.07, 6.45) is 1.51. The number of aliphatic hydroxyl groups is 1. The van der Waals surface area contributed by atoms with Crippen molar-refractivity contribution in [1.29, 1.82) is 0 Å². The number of benzene rings is 4. The number of carbonyl (C=O) groups excluding carboxylic acids is 10. The second-order valence-corrected chi connectivity index (χ2v) is 26.4. The third kappa shape index (κ3) is 26.7. The van der Waals surface area contributed by atoms with Crippen molar-refractivity contribution in [2.45, 2.75) is 58.6 Å². The van der Waals surface area contributed by atoms with Crippen molar-refractivity contribution in [3.05, 3.63) is 131 Å². The van der Waals surface area contributed by atoms with Gasteiger partial charge in [0.15, 0.2) is 5.78 Å². The first-order chi connectivity index (χ1) is 53.7. The van der Waals surface area contributed by atoms with Gasteiger partial charge in [-0.2, -0.15) is 0 Å². The second kappa shape index (κ2) is 45.1. The van der Waals surface area contributed by atoms with Gasteiger partial charge >= 0.3 is 24.3 Å². The topological polar surface area (TPSA) is 408 Å². The Morgan fingerprint density at radius 2 is 1.41 bits per heavy atom. The molecule has 34 heteroatoms. The number of H-pyrrole nitrogens is 1. The molecule has 10 amide bonds. The zero-order chi connectivity index (χ0) is 79.6. The number of pyridine rings is 1. The van der Waals surface area contributed by atoms with Gasteiger partial charge < -0.3 is 104 Å². The number of methoxy groups -OCH3 is 1. The van der Waals surface area contributed by atoms with Gasteiger partial charge in [0.2, 0.25) is 5.91 Å². The predicted octanol–water partition coefficient (Wildman–Crippen LogP) is 7.08. The Labute approximate surface area is 647 Å². The summed E-state index contributed by atoms with van der Waals surface area (Å²) in [6, 6.07) is 21.9. The van der Waals surface area contributed by atoms with Crippen LogP contribution in [0.2, 0.25) is 0 Å². The van der Waals surface area contributed by atoms with Crippen molar-refractivity contribution < 1.29 is 105 Å². The van der Waals surface area contributed by atoms with E-state index in [0.717, 1.165) is 33.6 Å². The molecule has 8 N–H and O–H groups in total. The first-order valence-electron chi connectivity index (χ1n) is 36.5. The molecule has 0 saturated heterocycles. The van der Waals surface area contributed by atoms with Crippen molar-refractivity contribution in [3.63, 3.8) is 0 Å². The summed E-state index contributed by atoms with van der Waals surface area (Å²) in [4.78, 5) is 145. The molecule has 0 saturated carbocycles. The van der Waals surface area contributed by atoms with Crippen LogP contribution in [-0.4, -0.2) is 260 Å². The summed E-state index contributed by atoms with van der Waals surface area (Å²) in [7, 11) is 3.11. The lowest BCUT2D eigenvalue weighted by molar-refractivity contribution is -0.137. The monoisotopic (exact) mass is 1560 g/mol. The van der Waals surface area contributed by atoms with E-state index in [2.05, 4.69) is 31.2 Å². The maximum absolute atomic E-state index is 14.9. The molecule has 0 unspecified atom stereocenters. The van der Waals surface area contributed by atoms with E-state index in [4.69, 9.17) is 69.4 Å². The number of Topliss-reactive ketones (excluding diaryl/α,β-unsaturated/α-hetero) is 1. The van der Waals surface area contributed by atoms with E-state index in [0.29, 0.717) is 103 Å². The third-order valence-corrected chi connectivity index (χ3v) is 18.1. The van der Waals surface area contributed by atoms with Crippen molar-refractivity contribution >= 4 is 110 Å². The SMILES string of the molecule is COCCOCCOCCOCCOc1ccc(C(=O)Nc2cnc3[nH]c(C(=O)N4C[C@@H](CCl)c5c4cc(OC(=O)N(CCOCCOCCO)CCN(C)C(=O)OCc4ccc(NC(=O)[C@H](CCCNC(N)=O)CC(=O)[C@@H](NC(=O)OCCOCCN6C(=O)C=CC6=O)C(C)C)cc4)c4cccc(C)c54)cc3c2)cc1. The Bertz CT molecular complexity index is 4130. The number of imide groups is 1. The van der Waals surface area contributed by atoms with Gasteiger partial charge in [-0.3, -0.25) is 33.7 Å². The number of ether oxygens (including phenoxy) is 11. The van der Waals surface area contributed by atoms with Crippen molar-refractivity contribution in [2.24, 2.45) is 17.6 Å². The molecule has 33 nitrogen and oxygen atoms in total. The number of anilines is 3. The smallest absolute Gasteiger partial charge is 0.415 e. The van der Waals surface area contributed by atoms with E-state index >= 15 is 0 Å². The molecule has 111 heavy (non-hydrogen) atoms. The Morgan fingerprint density at radius 3 is 2.08 bits per heavy atom. The molecule has 6 aromatic rings. The van der Waals surface area contributed by atoms with Gasteiger partial charge in [0, 0.05) is 111 Å². The number of halogens is 1. The van der Waals surface area contributed by atoms with E-state index in [9.17, 15) is 53.1 Å². The van der Waals surface area contributed by atoms with Crippen LogP contribution in [0.1, 0.15) is 76.6 Å². The number of fused-ring (bicyclic) bond motifs is 4. The summed E-state index contributed by atoms with van der Waals surface area (Å²) >= 11 is 6.72. The summed E-state index contributed by atoms with van der Waals surface area (Å²) in [5, 5.41) is 21.8. The van der Waals surface area contributed by atoms with Gasteiger partial charge in [0.1, 0.15) is 42.7 Å². The van der Waals surface area contributed by atoms with E-state index in [-0.39, 0.29) is 141 Å². The fraction of sp³-hybridized carbons (Fsp3) is 0.468. The van der Waals surface area contributed by atoms with Gasteiger partial charge in [-0.15, -0.1) is 11.6 Å². The molecule has 2 aliphatic heterocycles. The number of carbonyl (C=O) groups is 10. The molecule has 4 heterocycles. The highest BCUT2D eigenvalue weighted by atomic mass is 35.5. The number of nitrogens with zero attached hydrogens (tertiary/aromatic N) is 5. The molecule has 0 radical (unpaired) electrons. The number of primary amides is 1. The number of nitrogens with two attached hydrogens (primary N) is 1. The number of alkyl carbamates (subject to hydrolysis) is 1. The van der Waals surface area contributed by atoms with Gasteiger partial charge in [-0.25, -0.2) is 24.2 Å². The number of hydrogen-bond acceptors (Lipinski definition) is 23. The number of likely N-dealkylation sites (N-methyl/N-ethyl adjacent to an activating group) is 1. The minimum Gasteiger partial charge on any atom is -0.491 e.